The summed E-state index contributed by atoms with van der Waals surface area (Å²) in [6, 6.07) is 28.6. The summed E-state index contributed by atoms with van der Waals surface area (Å²) in [7, 11) is -2.11. The second-order valence-electron chi connectivity index (χ2n) is 10.8. The third-order valence-electron chi connectivity index (χ3n) is 6.67. The number of hydrogen-bond donors (Lipinski definition) is 1. The van der Waals surface area contributed by atoms with E-state index in [1.807, 2.05) is 54.1 Å². The largest absolute Gasteiger partial charge is 0.403 e. The van der Waals surface area contributed by atoms with Gasteiger partial charge in [0.05, 0.1) is 23.4 Å². The molecule has 204 valence electrons. The Labute approximate surface area is 243 Å². The molecule has 1 amide bonds. The minimum atomic E-state index is -2.11. The predicted molar refractivity (Wildman–Crippen MR) is 165 cm³/mol. The molecule has 7 heteroatoms. The lowest BCUT2D eigenvalue weighted by Gasteiger charge is -2.36. The fourth-order valence-electron chi connectivity index (χ4n) is 4.73. The summed E-state index contributed by atoms with van der Waals surface area (Å²) < 4.78 is 9.16. The lowest BCUT2D eigenvalue weighted by atomic mass is 9.84. The Kier molecular flexibility index (Phi) is 9.73. The summed E-state index contributed by atoms with van der Waals surface area (Å²) in [5.41, 5.74) is 2.22. The van der Waals surface area contributed by atoms with Crippen molar-refractivity contribution >= 4 is 48.5 Å². The van der Waals surface area contributed by atoms with Crippen LogP contribution in [0.25, 0.3) is 5.69 Å². The zero-order valence-corrected chi connectivity index (χ0v) is 25.6. The number of nitrogens with one attached hydrogen (secondary N) is 1. The zero-order chi connectivity index (χ0) is 28.0. The summed E-state index contributed by atoms with van der Waals surface area (Å²) in [5, 5.41) is 6.51. The van der Waals surface area contributed by atoms with Crippen LogP contribution in [-0.4, -0.2) is 19.5 Å². The van der Waals surface area contributed by atoms with Gasteiger partial charge in [-0.25, -0.2) is 0 Å². The molecule has 1 N–H and O–H groups in total. The second kappa shape index (κ2) is 13.0. The highest BCUT2D eigenvalue weighted by atomic mass is 35.5. The van der Waals surface area contributed by atoms with E-state index < -0.39 is 9.04 Å². The standard InChI is InChI=1S/C32H36Cl2N2O2Si/c1-5-13-28(37)35-22-23-14-12-21-36(23)27-20-19-26(33)29(30(27)34)31(32(2,3)4)38-39(24-15-8-6-9-16-24)25-17-10-7-11-18-25/h6-12,14-21,31,39H,5,13,22H2,1-4H3,(H,35,37). The number of benzene rings is 3. The molecule has 1 aromatic heterocycles. The molecule has 0 fully saturated rings. The topological polar surface area (TPSA) is 43.3 Å². The van der Waals surface area contributed by atoms with Crippen molar-refractivity contribution < 1.29 is 9.22 Å². The van der Waals surface area contributed by atoms with Gasteiger partial charge in [0.1, 0.15) is 0 Å². The molecule has 39 heavy (non-hydrogen) atoms. The smallest absolute Gasteiger partial charge is 0.240 e. The monoisotopic (exact) mass is 578 g/mol. The van der Waals surface area contributed by atoms with E-state index in [2.05, 4.69) is 74.6 Å². The van der Waals surface area contributed by atoms with Crippen LogP contribution in [0.15, 0.2) is 91.1 Å². The number of rotatable bonds is 10. The lowest BCUT2D eigenvalue weighted by molar-refractivity contribution is -0.121. The molecule has 4 nitrogen and oxygen atoms in total. The van der Waals surface area contributed by atoms with E-state index in [4.69, 9.17) is 27.6 Å². The second-order valence-corrected chi connectivity index (χ2v) is 13.9. The molecule has 4 aromatic rings. The van der Waals surface area contributed by atoms with Crippen molar-refractivity contribution in [3.8, 4) is 5.69 Å². The van der Waals surface area contributed by atoms with Gasteiger partial charge in [-0.15, -0.1) is 0 Å². The summed E-state index contributed by atoms with van der Waals surface area (Å²) in [6.45, 7) is 8.87. The maximum Gasteiger partial charge on any atom is 0.240 e. The Morgan fingerprint density at radius 3 is 2.10 bits per heavy atom. The Morgan fingerprint density at radius 1 is 0.923 bits per heavy atom. The van der Waals surface area contributed by atoms with Gasteiger partial charge in [0.2, 0.25) is 14.9 Å². The van der Waals surface area contributed by atoms with Crippen LogP contribution in [0, 0.1) is 5.41 Å². The first-order chi connectivity index (χ1) is 18.7. The van der Waals surface area contributed by atoms with Crippen molar-refractivity contribution in [2.45, 2.75) is 53.2 Å². The molecule has 0 radical (unpaired) electrons. The van der Waals surface area contributed by atoms with Crippen LogP contribution in [0.3, 0.4) is 0 Å². The fourth-order valence-corrected chi connectivity index (χ4v) is 8.05. The summed E-state index contributed by atoms with van der Waals surface area (Å²) >= 11 is 14.1. The first-order valence-corrected chi connectivity index (χ1v) is 15.8. The van der Waals surface area contributed by atoms with Crippen LogP contribution in [-0.2, 0) is 15.8 Å². The Hall–Kier alpha value is -2.83. The summed E-state index contributed by atoms with van der Waals surface area (Å²) in [4.78, 5) is 12.1. The highest BCUT2D eigenvalue weighted by Gasteiger charge is 2.35. The summed E-state index contributed by atoms with van der Waals surface area (Å²) in [5.74, 6) is 0.0344. The normalized spacial score (nSPS) is 12.5. The molecule has 0 spiro atoms. The van der Waals surface area contributed by atoms with Crippen molar-refractivity contribution in [1.82, 2.24) is 9.88 Å². The highest BCUT2D eigenvalue weighted by molar-refractivity contribution is 6.80. The molecule has 1 atom stereocenters. The average molecular weight is 580 g/mol. The zero-order valence-electron chi connectivity index (χ0n) is 23.0. The highest BCUT2D eigenvalue weighted by Crippen LogP contribution is 2.45. The van der Waals surface area contributed by atoms with Crippen LogP contribution in [0.2, 0.25) is 10.0 Å². The van der Waals surface area contributed by atoms with Crippen molar-refractivity contribution in [3.63, 3.8) is 0 Å². The van der Waals surface area contributed by atoms with Gasteiger partial charge >= 0.3 is 0 Å². The van der Waals surface area contributed by atoms with E-state index in [0.717, 1.165) is 23.4 Å². The fraction of sp³-hybridized carbons (Fsp3) is 0.281. The molecular formula is C32H36Cl2N2O2Si. The van der Waals surface area contributed by atoms with Crippen LogP contribution in [0.5, 0.6) is 0 Å². The molecule has 0 aliphatic rings. The minimum Gasteiger partial charge on any atom is -0.403 e. The Balaban J connectivity index is 1.76. The van der Waals surface area contributed by atoms with Crippen LogP contribution in [0.1, 0.15) is 57.9 Å². The molecule has 0 saturated heterocycles. The van der Waals surface area contributed by atoms with Crippen molar-refractivity contribution in [3.05, 3.63) is 112 Å². The van der Waals surface area contributed by atoms with Gasteiger partial charge in [-0.1, -0.05) is 112 Å². The van der Waals surface area contributed by atoms with Gasteiger partial charge in [0.25, 0.3) is 0 Å². The molecule has 3 aromatic carbocycles. The van der Waals surface area contributed by atoms with Gasteiger partial charge < -0.3 is 14.3 Å². The molecule has 4 rings (SSSR count). The van der Waals surface area contributed by atoms with Crippen LogP contribution >= 0.6 is 23.2 Å². The molecular weight excluding hydrogens is 543 g/mol. The van der Waals surface area contributed by atoms with Crippen LogP contribution in [0.4, 0.5) is 0 Å². The van der Waals surface area contributed by atoms with Crippen LogP contribution < -0.4 is 15.7 Å². The quantitative estimate of drug-likeness (QED) is 0.209. The predicted octanol–water partition coefficient (Wildman–Crippen LogP) is 6.84. The van der Waals surface area contributed by atoms with Gasteiger partial charge in [0, 0.05) is 28.9 Å². The van der Waals surface area contributed by atoms with Crippen molar-refractivity contribution in [1.29, 1.82) is 0 Å². The van der Waals surface area contributed by atoms with E-state index in [0.29, 0.717) is 23.0 Å². The molecule has 0 aliphatic heterocycles. The van der Waals surface area contributed by atoms with E-state index in [1.165, 1.54) is 10.4 Å². The third kappa shape index (κ3) is 7.03. The number of carbonyl (C=O) groups excluding carboxylic acids is 1. The molecule has 0 bridgehead atoms. The van der Waals surface area contributed by atoms with Gasteiger partial charge in [-0.2, -0.15) is 0 Å². The van der Waals surface area contributed by atoms with Crippen molar-refractivity contribution in [2.75, 3.05) is 0 Å². The Bertz CT molecular complexity index is 1350. The lowest BCUT2D eigenvalue weighted by Crippen LogP contribution is -2.47. The minimum absolute atomic E-state index is 0.0344. The first kappa shape index (κ1) is 29.2. The number of hydrogen-bond acceptors (Lipinski definition) is 2. The first-order valence-electron chi connectivity index (χ1n) is 13.4. The van der Waals surface area contributed by atoms with E-state index in [1.54, 1.807) is 0 Å². The molecule has 0 aliphatic carbocycles. The Morgan fingerprint density at radius 2 is 1.54 bits per heavy atom. The van der Waals surface area contributed by atoms with Gasteiger partial charge in [-0.05, 0) is 46.5 Å². The maximum atomic E-state index is 12.1. The third-order valence-corrected chi connectivity index (χ3v) is 9.92. The molecule has 0 saturated carbocycles. The summed E-state index contributed by atoms with van der Waals surface area (Å²) in [6.07, 6.45) is 2.91. The van der Waals surface area contributed by atoms with E-state index in [9.17, 15) is 4.79 Å². The number of halogens is 2. The van der Waals surface area contributed by atoms with E-state index >= 15 is 0 Å². The number of aromatic nitrogens is 1. The van der Waals surface area contributed by atoms with Crippen molar-refractivity contribution in [2.24, 2.45) is 5.41 Å². The number of carbonyl (C=O) groups is 1. The number of nitrogens with zero attached hydrogens (tertiary/aromatic N) is 1. The average Bonchev–Trinajstić information content (AvgIpc) is 3.38. The van der Waals surface area contributed by atoms with Gasteiger partial charge in [-0.3, -0.25) is 4.79 Å². The number of amides is 1. The van der Waals surface area contributed by atoms with E-state index in [-0.39, 0.29) is 17.4 Å². The molecule has 1 unspecified atom stereocenters. The molecule has 1 heterocycles. The SMILES string of the molecule is CCCC(=O)NCc1cccn1-c1ccc(Cl)c(C(O[SiH](c2ccccc2)c2ccccc2)C(C)(C)C)c1Cl. The maximum absolute atomic E-state index is 12.1. The van der Waals surface area contributed by atoms with Gasteiger partial charge in [0.15, 0.2) is 0 Å².